The molecule has 4 rings (SSSR count). The van der Waals surface area contributed by atoms with E-state index in [2.05, 4.69) is 15.3 Å². The highest BCUT2D eigenvalue weighted by Gasteiger charge is 2.13. The van der Waals surface area contributed by atoms with Gasteiger partial charge in [-0.15, -0.1) is 10.2 Å². The molecule has 2 aromatic carbocycles. The first-order valence-corrected chi connectivity index (χ1v) is 8.52. The Labute approximate surface area is 147 Å². The van der Waals surface area contributed by atoms with Crippen LogP contribution in [0.4, 0.5) is 0 Å². The minimum atomic E-state index is 0.728. The van der Waals surface area contributed by atoms with Crippen LogP contribution in [0.1, 0.15) is 10.6 Å². The van der Waals surface area contributed by atoms with Gasteiger partial charge >= 0.3 is 0 Å². The van der Waals surface area contributed by atoms with Gasteiger partial charge in [0.15, 0.2) is 5.82 Å². The molecule has 0 saturated heterocycles. The highest BCUT2D eigenvalue weighted by molar-refractivity contribution is 7.16. The highest BCUT2D eigenvalue weighted by atomic mass is 35.5. The van der Waals surface area contributed by atoms with Gasteiger partial charge in [0, 0.05) is 17.0 Å². The monoisotopic (exact) mass is 356 g/mol. The van der Waals surface area contributed by atoms with Crippen molar-refractivity contribution in [1.29, 1.82) is 0 Å². The van der Waals surface area contributed by atoms with E-state index in [9.17, 15) is 0 Å². The van der Waals surface area contributed by atoms with Gasteiger partial charge in [-0.05, 0) is 42.0 Å². The van der Waals surface area contributed by atoms with Gasteiger partial charge in [0.1, 0.15) is 10.8 Å². The average molecular weight is 357 g/mol. The topological polar surface area (TPSA) is 52.3 Å². The van der Waals surface area contributed by atoms with Crippen LogP contribution in [-0.4, -0.2) is 26.9 Å². The molecule has 0 aliphatic heterocycles. The Balaban J connectivity index is 1.66. The van der Waals surface area contributed by atoms with Crippen LogP contribution >= 0.6 is 22.9 Å². The third-order valence-electron chi connectivity index (χ3n) is 3.65. The number of rotatable bonds is 4. The van der Waals surface area contributed by atoms with Gasteiger partial charge in [-0.3, -0.25) is 0 Å². The van der Waals surface area contributed by atoms with Gasteiger partial charge in [0.2, 0.25) is 4.96 Å². The molecule has 120 valence electrons. The molecule has 0 aliphatic carbocycles. The first-order valence-electron chi connectivity index (χ1n) is 7.33. The number of nitrogens with zero attached hydrogens (tertiary/aromatic N) is 4. The Bertz CT molecular complexity index is 976. The molecule has 2 heterocycles. The second kappa shape index (κ2) is 6.22. The smallest absolute Gasteiger partial charge is 0.234 e. The molecule has 0 unspecified atom stereocenters. The van der Waals surface area contributed by atoms with Crippen LogP contribution < -0.4 is 4.74 Å². The zero-order valence-corrected chi connectivity index (χ0v) is 14.4. The molecule has 0 bridgehead atoms. The van der Waals surface area contributed by atoms with Crippen molar-refractivity contribution in [2.45, 2.75) is 6.42 Å². The summed E-state index contributed by atoms with van der Waals surface area (Å²) >= 11 is 7.47. The zero-order chi connectivity index (χ0) is 16.5. The van der Waals surface area contributed by atoms with Crippen molar-refractivity contribution in [1.82, 2.24) is 19.8 Å². The number of halogens is 1. The van der Waals surface area contributed by atoms with Crippen molar-refractivity contribution < 1.29 is 4.74 Å². The second-order valence-electron chi connectivity index (χ2n) is 5.25. The van der Waals surface area contributed by atoms with Crippen molar-refractivity contribution in [2.24, 2.45) is 0 Å². The van der Waals surface area contributed by atoms with E-state index < -0.39 is 0 Å². The molecule has 24 heavy (non-hydrogen) atoms. The van der Waals surface area contributed by atoms with Gasteiger partial charge in [-0.25, -0.2) is 0 Å². The molecule has 0 fully saturated rings. The lowest BCUT2D eigenvalue weighted by Crippen LogP contribution is -1.93. The van der Waals surface area contributed by atoms with Crippen molar-refractivity contribution >= 4 is 27.9 Å². The molecular formula is C17H13ClN4OS. The van der Waals surface area contributed by atoms with Gasteiger partial charge < -0.3 is 4.74 Å². The number of methoxy groups -OCH3 is 1. The van der Waals surface area contributed by atoms with Crippen molar-refractivity contribution in [3.05, 3.63) is 64.1 Å². The highest BCUT2D eigenvalue weighted by Crippen LogP contribution is 2.24. The van der Waals surface area contributed by atoms with Gasteiger partial charge in [0.05, 0.1) is 7.11 Å². The summed E-state index contributed by atoms with van der Waals surface area (Å²) in [4.78, 5) is 0.782. The first kappa shape index (κ1) is 15.1. The number of benzene rings is 2. The molecule has 4 aromatic rings. The fraction of sp³-hybridized carbons (Fsp3) is 0.118. The molecule has 0 amide bonds. The molecule has 0 atom stereocenters. The quantitative estimate of drug-likeness (QED) is 0.552. The average Bonchev–Trinajstić information content (AvgIpc) is 3.17. The summed E-state index contributed by atoms with van der Waals surface area (Å²) in [5.41, 5.74) is 2.11. The minimum Gasteiger partial charge on any atom is -0.497 e. The van der Waals surface area contributed by atoms with E-state index >= 15 is 0 Å². The van der Waals surface area contributed by atoms with Gasteiger partial charge in [0.25, 0.3) is 0 Å². The molecule has 0 N–H and O–H groups in total. The maximum Gasteiger partial charge on any atom is 0.234 e. The maximum absolute atomic E-state index is 5.93. The van der Waals surface area contributed by atoms with Crippen LogP contribution in [0.3, 0.4) is 0 Å². The van der Waals surface area contributed by atoms with Crippen LogP contribution in [0, 0.1) is 0 Å². The summed E-state index contributed by atoms with van der Waals surface area (Å²) in [5, 5.41) is 14.8. The second-order valence-corrected chi connectivity index (χ2v) is 6.72. The summed E-state index contributed by atoms with van der Waals surface area (Å²) in [6.45, 7) is 0. The van der Waals surface area contributed by atoms with E-state index in [0.717, 1.165) is 44.1 Å². The summed E-state index contributed by atoms with van der Waals surface area (Å²) in [7, 11) is 1.65. The van der Waals surface area contributed by atoms with Crippen molar-refractivity contribution in [3.63, 3.8) is 0 Å². The molecule has 7 heteroatoms. The van der Waals surface area contributed by atoms with Gasteiger partial charge in [-0.2, -0.15) is 9.61 Å². The van der Waals surface area contributed by atoms with Crippen molar-refractivity contribution in [2.75, 3.05) is 7.11 Å². The minimum absolute atomic E-state index is 0.728. The van der Waals surface area contributed by atoms with E-state index in [0.29, 0.717) is 0 Å². The summed E-state index contributed by atoms with van der Waals surface area (Å²) in [6.07, 6.45) is 0.743. The number of ether oxygens (including phenoxy) is 1. The Hall–Kier alpha value is -2.44. The third kappa shape index (κ3) is 2.86. The fourth-order valence-corrected chi connectivity index (χ4v) is 3.42. The van der Waals surface area contributed by atoms with Crippen LogP contribution in [-0.2, 0) is 6.42 Å². The Morgan fingerprint density at radius 3 is 2.50 bits per heavy atom. The molecule has 0 saturated carbocycles. The first-order chi connectivity index (χ1) is 11.7. The maximum atomic E-state index is 5.93. The standard InChI is InChI=1S/C17H13ClN4OS/c1-23-14-8-4-12(5-9-14)16-19-20-17-22(16)21-15(24-17)10-11-2-6-13(18)7-3-11/h2-9H,10H2,1H3. The molecule has 0 spiro atoms. The predicted octanol–water partition coefficient (Wildman–Crippen LogP) is 4.11. The lowest BCUT2D eigenvalue weighted by molar-refractivity contribution is 0.415. The lowest BCUT2D eigenvalue weighted by Gasteiger charge is -2.00. The van der Waals surface area contributed by atoms with Crippen molar-refractivity contribution in [3.8, 4) is 17.1 Å². The van der Waals surface area contributed by atoms with Crippen LogP contribution in [0.2, 0.25) is 5.02 Å². The van der Waals surface area contributed by atoms with E-state index in [1.54, 1.807) is 23.0 Å². The third-order valence-corrected chi connectivity index (χ3v) is 4.80. The van der Waals surface area contributed by atoms with Crippen LogP contribution in [0.15, 0.2) is 48.5 Å². The number of fused-ring (bicyclic) bond motifs is 1. The number of aromatic nitrogens is 4. The SMILES string of the molecule is COc1ccc(-c2nnc3sc(Cc4ccc(Cl)cc4)nn23)cc1. The number of hydrogen-bond acceptors (Lipinski definition) is 5. The lowest BCUT2D eigenvalue weighted by atomic mass is 10.2. The van der Waals surface area contributed by atoms with Crippen LogP contribution in [0.5, 0.6) is 5.75 Å². The zero-order valence-electron chi connectivity index (χ0n) is 12.8. The Morgan fingerprint density at radius 1 is 1.04 bits per heavy atom. The fourth-order valence-electron chi connectivity index (χ4n) is 2.42. The van der Waals surface area contributed by atoms with E-state index in [4.69, 9.17) is 16.3 Å². The van der Waals surface area contributed by atoms with E-state index in [1.807, 2.05) is 48.5 Å². The van der Waals surface area contributed by atoms with Gasteiger partial charge in [-0.1, -0.05) is 35.1 Å². The van der Waals surface area contributed by atoms with Crippen LogP contribution in [0.25, 0.3) is 16.3 Å². The summed E-state index contributed by atoms with van der Waals surface area (Å²) in [5.74, 6) is 1.53. The molecule has 2 aromatic heterocycles. The normalized spacial score (nSPS) is 11.1. The Morgan fingerprint density at radius 2 is 1.79 bits per heavy atom. The number of hydrogen-bond donors (Lipinski definition) is 0. The Kier molecular flexibility index (Phi) is 3.92. The molecule has 5 nitrogen and oxygen atoms in total. The molecule has 0 radical (unpaired) electrons. The summed E-state index contributed by atoms with van der Waals surface area (Å²) < 4.78 is 6.98. The largest absolute Gasteiger partial charge is 0.497 e. The predicted molar refractivity (Wildman–Crippen MR) is 94.9 cm³/mol. The molecule has 0 aliphatic rings. The summed E-state index contributed by atoms with van der Waals surface area (Å²) in [6, 6.07) is 15.5. The molecular weight excluding hydrogens is 344 g/mol. The van der Waals surface area contributed by atoms with E-state index in [-0.39, 0.29) is 0 Å². The van der Waals surface area contributed by atoms with E-state index in [1.165, 1.54) is 0 Å².